The van der Waals surface area contributed by atoms with Crippen molar-refractivity contribution in [2.24, 2.45) is 16.7 Å². The molecule has 5 nitrogen and oxygen atoms in total. The molecule has 0 aliphatic carbocycles. The zero-order valence-corrected chi connectivity index (χ0v) is 9.02. The minimum absolute atomic E-state index is 0.418. The average molecular weight is 210 g/mol. The van der Waals surface area contributed by atoms with Crippen molar-refractivity contribution in [1.82, 2.24) is 4.90 Å². The average Bonchev–Trinajstić information content (AvgIpc) is 2.46. The van der Waals surface area contributed by atoms with Gasteiger partial charge in [-0.05, 0) is 19.8 Å². The summed E-state index contributed by atoms with van der Waals surface area (Å²) in [7, 11) is 0. The Hall–Kier alpha value is -1.23. The van der Waals surface area contributed by atoms with E-state index in [1.54, 1.807) is 0 Å². The summed E-state index contributed by atoms with van der Waals surface area (Å²) in [6, 6.07) is 0.836. The first-order valence-electron chi connectivity index (χ1n) is 5.30. The van der Waals surface area contributed by atoms with E-state index in [-0.39, 0.29) is 0 Å². The highest BCUT2D eigenvalue weighted by atomic mass is 16.5. The molecule has 4 N–H and O–H groups in total. The third-order valence-corrected chi connectivity index (χ3v) is 2.99. The molecule has 15 heavy (non-hydrogen) atoms. The summed E-state index contributed by atoms with van der Waals surface area (Å²) in [5, 5.41) is 3.82. The first kappa shape index (κ1) is 10.3. The highest BCUT2D eigenvalue weighted by molar-refractivity contribution is 5.94. The maximum atomic E-state index is 5.65. The summed E-state index contributed by atoms with van der Waals surface area (Å²) in [6.45, 7) is 3.38. The second kappa shape index (κ2) is 4.10. The van der Waals surface area contributed by atoms with E-state index < -0.39 is 0 Å². The van der Waals surface area contributed by atoms with E-state index in [2.05, 4.69) is 10.0 Å². The second-order valence-electron chi connectivity index (χ2n) is 4.21. The molecule has 0 aromatic heterocycles. The van der Waals surface area contributed by atoms with Crippen LogP contribution in [0.4, 0.5) is 0 Å². The number of allylic oxidation sites excluding steroid dienone is 1. The van der Waals surface area contributed by atoms with Gasteiger partial charge in [0.05, 0.1) is 25.3 Å². The van der Waals surface area contributed by atoms with E-state index in [1.165, 1.54) is 0 Å². The lowest BCUT2D eigenvalue weighted by molar-refractivity contribution is 0.0208. The number of rotatable bonds is 1. The van der Waals surface area contributed by atoms with Crippen LogP contribution in [0.25, 0.3) is 0 Å². The lowest BCUT2D eigenvalue weighted by atomic mass is 10.2. The number of hydrogen-bond acceptors (Lipinski definition) is 4. The van der Waals surface area contributed by atoms with E-state index in [0.717, 1.165) is 37.6 Å². The van der Waals surface area contributed by atoms with Crippen molar-refractivity contribution in [3.63, 3.8) is 0 Å². The number of amidine groups is 1. The Balaban J connectivity index is 2.19. The lowest BCUT2D eigenvalue weighted by Crippen LogP contribution is -2.49. The molecular weight excluding hydrogens is 192 g/mol. The van der Waals surface area contributed by atoms with Crippen molar-refractivity contribution in [3.05, 3.63) is 11.8 Å². The van der Waals surface area contributed by atoms with E-state index in [9.17, 15) is 0 Å². The monoisotopic (exact) mass is 210 g/mol. The van der Waals surface area contributed by atoms with Crippen LogP contribution >= 0.6 is 0 Å². The molecule has 2 saturated heterocycles. The van der Waals surface area contributed by atoms with E-state index in [4.69, 9.17) is 16.3 Å². The molecule has 0 aromatic rings. The third kappa shape index (κ3) is 1.92. The van der Waals surface area contributed by atoms with E-state index in [1.807, 2.05) is 13.0 Å². The minimum atomic E-state index is 0.418. The molecule has 0 aromatic carbocycles. The molecule has 0 spiro atoms. The zero-order valence-electron chi connectivity index (χ0n) is 9.02. The van der Waals surface area contributed by atoms with Gasteiger partial charge >= 0.3 is 0 Å². The van der Waals surface area contributed by atoms with Crippen LogP contribution in [0.3, 0.4) is 0 Å². The third-order valence-electron chi connectivity index (χ3n) is 2.99. The molecular formula is C10H18N4O. The Kier molecular flexibility index (Phi) is 2.81. The molecule has 2 atom stereocenters. The van der Waals surface area contributed by atoms with Crippen LogP contribution in [0.1, 0.15) is 19.8 Å². The summed E-state index contributed by atoms with van der Waals surface area (Å²) < 4.78 is 5.50. The van der Waals surface area contributed by atoms with Gasteiger partial charge in [-0.25, -0.2) is 0 Å². The maximum absolute atomic E-state index is 5.65. The SMILES string of the molecule is CC(N)=CC(=NN)N1C2CCC1COC2. The Morgan fingerprint density at radius 2 is 2.00 bits per heavy atom. The molecule has 2 rings (SSSR count). The molecule has 0 radical (unpaired) electrons. The summed E-state index contributed by atoms with van der Waals surface area (Å²) in [6.07, 6.45) is 4.14. The topological polar surface area (TPSA) is 76.9 Å². The molecule has 0 saturated carbocycles. The molecule has 2 aliphatic heterocycles. The van der Waals surface area contributed by atoms with Crippen LogP contribution in [0.5, 0.6) is 0 Å². The number of nitrogens with two attached hydrogens (primary N) is 2. The Morgan fingerprint density at radius 3 is 2.47 bits per heavy atom. The van der Waals surface area contributed by atoms with Gasteiger partial charge in [0.15, 0.2) is 5.84 Å². The fourth-order valence-corrected chi connectivity index (χ4v) is 2.38. The quantitative estimate of drug-likeness (QED) is 0.276. The van der Waals surface area contributed by atoms with Crippen LogP contribution < -0.4 is 11.6 Å². The zero-order chi connectivity index (χ0) is 10.8. The first-order chi connectivity index (χ1) is 7.22. The number of fused-ring (bicyclic) bond motifs is 2. The van der Waals surface area contributed by atoms with E-state index >= 15 is 0 Å². The number of nitrogens with zero attached hydrogens (tertiary/aromatic N) is 2. The Morgan fingerprint density at radius 1 is 1.40 bits per heavy atom. The Bertz CT molecular complexity index is 280. The van der Waals surface area contributed by atoms with Crippen LogP contribution in [0.2, 0.25) is 0 Å². The molecule has 2 bridgehead atoms. The Labute approximate surface area is 89.7 Å². The summed E-state index contributed by atoms with van der Waals surface area (Å²) >= 11 is 0. The predicted octanol–water partition coefficient (Wildman–Crippen LogP) is -0.0157. The molecule has 84 valence electrons. The van der Waals surface area contributed by atoms with Crippen LogP contribution in [0.15, 0.2) is 16.9 Å². The number of ether oxygens (including phenoxy) is 1. The summed E-state index contributed by atoms with van der Waals surface area (Å²) in [5.41, 5.74) is 6.38. The van der Waals surface area contributed by atoms with Crippen LogP contribution in [-0.4, -0.2) is 36.0 Å². The molecule has 0 amide bonds. The first-order valence-corrected chi connectivity index (χ1v) is 5.30. The molecule has 2 heterocycles. The lowest BCUT2D eigenvalue weighted by Gasteiger charge is -2.35. The van der Waals surface area contributed by atoms with Gasteiger partial charge in [-0.15, -0.1) is 0 Å². The van der Waals surface area contributed by atoms with Crippen molar-refractivity contribution < 1.29 is 4.74 Å². The van der Waals surface area contributed by atoms with Gasteiger partial charge in [-0.2, -0.15) is 5.10 Å². The van der Waals surface area contributed by atoms with Crippen molar-refractivity contribution in [2.75, 3.05) is 13.2 Å². The predicted molar refractivity (Wildman–Crippen MR) is 59.0 cm³/mol. The molecule has 2 unspecified atom stereocenters. The summed E-state index contributed by atoms with van der Waals surface area (Å²) in [4.78, 5) is 2.25. The normalized spacial score (nSPS) is 32.2. The van der Waals surface area contributed by atoms with Gasteiger partial charge in [0.1, 0.15) is 0 Å². The van der Waals surface area contributed by atoms with Crippen LogP contribution in [-0.2, 0) is 4.74 Å². The molecule has 5 heteroatoms. The highest BCUT2D eigenvalue weighted by Crippen LogP contribution is 2.29. The molecule has 2 fully saturated rings. The largest absolute Gasteiger partial charge is 0.402 e. The number of hydrogen-bond donors (Lipinski definition) is 2. The van der Waals surface area contributed by atoms with Gasteiger partial charge in [0, 0.05) is 11.8 Å². The van der Waals surface area contributed by atoms with Gasteiger partial charge < -0.3 is 21.2 Å². The fraction of sp³-hybridized carbons (Fsp3) is 0.700. The van der Waals surface area contributed by atoms with Crippen molar-refractivity contribution in [3.8, 4) is 0 Å². The van der Waals surface area contributed by atoms with Gasteiger partial charge in [-0.1, -0.05) is 0 Å². The molecule has 2 aliphatic rings. The van der Waals surface area contributed by atoms with Gasteiger partial charge in [0.2, 0.25) is 0 Å². The smallest absolute Gasteiger partial charge is 0.150 e. The number of morpholine rings is 1. The van der Waals surface area contributed by atoms with Crippen molar-refractivity contribution in [1.29, 1.82) is 0 Å². The van der Waals surface area contributed by atoms with E-state index in [0.29, 0.717) is 12.1 Å². The van der Waals surface area contributed by atoms with Gasteiger partial charge in [0.25, 0.3) is 0 Å². The van der Waals surface area contributed by atoms with Crippen molar-refractivity contribution in [2.45, 2.75) is 31.8 Å². The van der Waals surface area contributed by atoms with Crippen molar-refractivity contribution >= 4 is 5.84 Å². The van der Waals surface area contributed by atoms with Crippen LogP contribution in [0, 0.1) is 0 Å². The number of hydrazone groups is 1. The van der Waals surface area contributed by atoms with Gasteiger partial charge in [-0.3, -0.25) is 0 Å². The fourth-order valence-electron chi connectivity index (χ4n) is 2.38. The second-order valence-corrected chi connectivity index (χ2v) is 4.21. The minimum Gasteiger partial charge on any atom is -0.402 e. The summed E-state index contributed by atoms with van der Waals surface area (Å²) in [5.74, 6) is 6.19. The highest BCUT2D eigenvalue weighted by Gasteiger charge is 2.38. The maximum Gasteiger partial charge on any atom is 0.150 e. The standard InChI is InChI=1S/C10H18N4O/c1-7(11)4-10(13-12)14-8-2-3-9(14)6-15-5-8/h4,8-9H,2-3,5-6,11-12H2,1H3.